The number of hydrogen-bond acceptors (Lipinski definition) is 1. The van der Waals surface area contributed by atoms with Crippen LogP contribution in [0.25, 0.3) is 6.08 Å². The Morgan fingerprint density at radius 2 is 1.60 bits per heavy atom. The molecule has 0 heterocycles. The van der Waals surface area contributed by atoms with Gasteiger partial charge in [0.25, 0.3) is 0 Å². The summed E-state index contributed by atoms with van der Waals surface area (Å²) < 4.78 is 0. The average molecular weight is 199 g/mol. The summed E-state index contributed by atoms with van der Waals surface area (Å²) in [7, 11) is 0. The van der Waals surface area contributed by atoms with Crippen molar-refractivity contribution in [3.8, 4) is 5.75 Å². The molecule has 0 unspecified atom stereocenters. The van der Waals surface area contributed by atoms with E-state index in [9.17, 15) is 5.11 Å². The van der Waals surface area contributed by atoms with Gasteiger partial charge in [-0.15, -0.1) is 13.2 Å². The average Bonchev–Trinajstić information content (AvgIpc) is 2.24. The Labute approximate surface area is 91.1 Å². The van der Waals surface area contributed by atoms with Gasteiger partial charge in [0.2, 0.25) is 0 Å². The maximum absolute atomic E-state index is 9.92. The Bertz CT molecular complexity index is 357. The number of hydrogen-bond donors (Lipinski definition) is 1. The molecule has 1 N–H and O–H groups in total. The number of benzene rings is 1. The van der Waals surface area contributed by atoms with E-state index >= 15 is 0 Å². The van der Waals surface area contributed by atoms with Crippen LogP contribution in [0.5, 0.6) is 5.75 Å². The number of aromatic hydroxyl groups is 1. The van der Waals surface area contributed by atoms with Crippen LogP contribution >= 0.6 is 0 Å². The van der Waals surface area contributed by atoms with Gasteiger partial charge in [-0.1, -0.05) is 24.8 Å². The number of allylic oxidation sites excluding steroid dienone is 2. The Balaban J connectivity index is 3.25. The third-order valence-electron chi connectivity index (χ3n) is 2.21. The molecule has 0 amide bonds. The van der Waals surface area contributed by atoms with Crippen molar-refractivity contribution in [2.45, 2.75) is 12.8 Å². The predicted octanol–water partition coefficient (Wildman–Crippen LogP) is 3.30. The lowest BCUT2D eigenvalue weighted by atomic mass is 10.00. The van der Waals surface area contributed by atoms with E-state index in [2.05, 4.69) is 13.2 Å². The molecule has 1 nitrogen and oxygen atoms in total. The third kappa shape index (κ3) is 2.59. The zero-order valence-electron chi connectivity index (χ0n) is 8.74. The van der Waals surface area contributed by atoms with Crippen molar-refractivity contribution in [1.82, 2.24) is 0 Å². The predicted molar refractivity (Wildman–Crippen MR) is 64.7 cm³/mol. The topological polar surface area (TPSA) is 20.2 Å². The van der Waals surface area contributed by atoms with E-state index in [1.807, 2.05) is 12.1 Å². The molecular weight excluding hydrogens is 184 g/mol. The van der Waals surface area contributed by atoms with Crippen LogP contribution in [0.3, 0.4) is 0 Å². The van der Waals surface area contributed by atoms with Crippen LogP contribution in [0.4, 0.5) is 0 Å². The quantitative estimate of drug-likeness (QED) is 0.721. The highest BCUT2D eigenvalue weighted by Gasteiger charge is 2.06. The van der Waals surface area contributed by atoms with Crippen LogP contribution < -0.4 is 0 Å². The van der Waals surface area contributed by atoms with Gasteiger partial charge in [-0.3, -0.25) is 0 Å². The van der Waals surface area contributed by atoms with E-state index in [0.29, 0.717) is 18.6 Å². The molecule has 1 heteroatoms. The first-order chi connectivity index (χ1) is 7.22. The first-order valence-electron chi connectivity index (χ1n) is 4.84. The summed E-state index contributed by atoms with van der Waals surface area (Å²) in [6, 6.07) is 3.73. The van der Waals surface area contributed by atoms with E-state index < -0.39 is 0 Å². The highest BCUT2D eigenvalue weighted by Crippen LogP contribution is 2.26. The van der Waals surface area contributed by atoms with Crippen LogP contribution in [0.2, 0.25) is 0 Å². The second kappa shape index (κ2) is 5.20. The summed E-state index contributed by atoms with van der Waals surface area (Å²) in [6.07, 6.45) is 6.31. The standard InChI is InChI=1S/C14H15O/c1-4-7-12-9-11(6-3)10-13(8-5-2)14(12)15/h3-6,9-10,15H,1-2,7-8H2. The van der Waals surface area contributed by atoms with Gasteiger partial charge in [-0.05, 0) is 41.7 Å². The zero-order valence-corrected chi connectivity index (χ0v) is 8.74. The van der Waals surface area contributed by atoms with E-state index in [1.54, 1.807) is 12.2 Å². The third-order valence-corrected chi connectivity index (χ3v) is 2.21. The largest absolute Gasteiger partial charge is 0.507 e. The normalized spacial score (nSPS) is 9.60. The van der Waals surface area contributed by atoms with Gasteiger partial charge in [0.15, 0.2) is 0 Å². The summed E-state index contributed by atoms with van der Waals surface area (Å²) >= 11 is 0. The second-order valence-electron chi connectivity index (χ2n) is 3.34. The van der Waals surface area contributed by atoms with Crippen LogP contribution in [0.1, 0.15) is 16.7 Å². The van der Waals surface area contributed by atoms with Crippen molar-refractivity contribution in [1.29, 1.82) is 0 Å². The van der Waals surface area contributed by atoms with Gasteiger partial charge in [-0.2, -0.15) is 0 Å². The minimum atomic E-state index is 0.320. The molecule has 0 aliphatic heterocycles. The molecule has 1 radical (unpaired) electrons. The summed E-state index contributed by atoms with van der Waals surface area (Å²) in [5, 5.41) is 9.92. The smallest absolute Gasteiger partial charge is 0.122 e. The monoisotopic (exact) mass is 199 g/mol. The molecule has 0 aromatic heterocycles. The number of phenolic OH excluding ortho intramolecular Hbond substituents is 1. The highest BCUT2D eigenvalue weighted by atomic mass is 16.3. The maximum Gasteiger partial charge on any atom is 0.122 e. The summed E-state index contributed by atoms with van der Waals surface area (Å²) in [5.74, 6) is 0.320. The van der Waals surface area contributed by atoms with Gasteiger partial charge < -0.3 is 5.11 Å². The van der Waals surface area contributed by atoms with E-state index in [-0.39, 0.29) is 0 Å². The summed E-state index contributed by atoms with van der Waals surface area (Å²) in [4.78, 5) is 0. The summed E-state index contributed by atoms with van der Waals surface area (Å²) in [5.41, 5.74) is 2.60. The fraction of sp³-hybridized carbons (Fsp3) is 0.143. The van der Waals surface area contributed by atoms with Gasteiger partial charge in [0.1, 0.15) is 5.75 Å². The minimum Gasteiger partial charge on any atom is -0.507 e. The Morgan fingerprint density at radius 3 is 1.93 bits per heavy atom. The van der Waals surface area contributed by atoms with Crippen LogP contribution in [0, 0.1) is 6.58 Å². The van der Waals surface area contributed by atoms with Crippen molar-refractivity contribution in [3.63, 3.8) is 0 Å². The molecule has 0 aliphatic rings. The molecule has 77 valence electrons. The van der Waals surface area contributed by atoms with Crippen molar-refractivity contribution in [3.05, 3.63) is 60.7 Å². The van der Waals surface area contributed by atoms with E-state index in [1.165, 1.54) is 6.08 Å². The molecule has 0 saturated carbocycles. The van der Waals surface area contributed by atoms with Crippen molar-refractivity contribution in [2.75, 3.05) is 0 Å². The molecule has 0 spiro atoms. The van der Waals surface area contributed by atoms with E-state index in [0.717, 1.165) is 16.7 Å². The second-order valence-corrected chi connectivity index (χ2v) is 3.34. The fourth-order valence-electron chi connectivity index (χ4n) is 1.51. The minimum absolute atomic E-state index is 0.320. The lowest BCUT2D eigenvalue weighted by Crippen LogP contribution is -1.91. The fourth-order valence-corrected chi connectivity index (χ4v) is 1.51. The molecule has 0 atom stereocenters. The van der Waals surface area contributed by atoms with Crippen molar-refractivity contribution >= 4 is 6.08 Å². The van der Waals surface area contributed by atoms with Gasteiger partial charge >= 0.3 is 0 Å². The lowest BCUT2D eigenvalue weighted by molar-refractivity contribution is 0.464. The van der Waals surface area contributed by atoms with Crippen molar-refractivity contribution < 1.29 is 5.11 Å². The van der Waals surface area contributed by atoms with Gasteiger partial charge in [0.05, 0.1) is 0 Å². The number of phenols is 1. The van der Waals surface area contributed by atoms with Crippen molar-refractivity contribution in [2.24, 2.45) is 0 Å². The van der Waals surface area contributed by atoms with Crippen LogP contribution in [-0.2, 0) is 12.8 Å². The Hall–Kier alpha value is -1.76. The molecule has 0 bridgehead atoms. The SMILES string of the molecule is [CH]=Cc1cc(CC=C)c(O)c(CC=C)c1. The molecule has 0 aliphatic carbocycles. The molecular formula is C14H15O. The molecule has 1 aromatic rings. The summed E-state index contributed by atoms with van der Waals surface area (Å²) in [6.45, 7) is 12.8. The maximum atomic E-state index is 9.92. The Kier molecular flexibility index (Phi) is 3.92. The first kappa shape index (κ1) is 11.3. The molecule has 0 saturated heterocycles. The van der Waals surface area contributed by atoms with E-state index in [4.69, 9.17) is 6.58 Å². The van der Waals surface area contributed by atoms with Crippen LogP contribution in [-0.4, -0.2) is 5.11 Å². The molecule has 1 rings (SSSR count). The van der Waals surface area contributed by atoms with Gasteiger partial charge in [-0.25, -0.2) is 0 Å². The molecule has 15 heavy (non-hydrogen) atoms. The highest BCUT2D eigenvalue weighted by molar-refractivity contribution is 5.55. The first-order valence-corrected chi connectivity index (χ1v) is 4.84. The molecule has 1 aromatic carbocycles. The molecule has 0 fully saturated rings. The number of rotatable bonds is 5. The zero-order chi connectivity index (χ0) is 11.3. The Morgan fingerprint density at radius 1 is 1.13 bits per heavy atom. The lowest BCUT2D eigenvalue weighted by Gasteiger charge is -2.09. The van der Waals surface area contributed by atoms with Gasteiger partial charge in [0, 0.05) is 0 Å². The van der Waals surface area contributed by atoms with Crippen LogP contribution in [0.15, 0.2) is 37.4 Å².